The van der Waals surface area contributed by atoms with Gasteiger partial charge in [-0.25, -0.2) is 10.3 Å². The topological polar surface area (TPSA) is 180 Å². The highest BCUT2D eigenvalue weighted by Crippen LogP contribution is 2.14. The number of likely N-dealkylation sites (tertiary alicyclic amines) is 1. The summed E-state index contributed by atoms with van der Waals surface area (Å²) >= 11 is 0. The van der Waals surface area contributed by atoms with E-state index in [9.17, 15) is 24.0 Å². The van der Waals surface area contributed by atoms with Gasteiger partial charge < -0.3 is 21.1 Å². The Balaban J connectivity index is 2.82. The standard InChI is InChI=1S/C18H31N5O7/c1-18(2,3)30-17(28)21-11(6-4-5-9-19)15(26)20-12-7-8-14(25)23(16(12)27)10-13(24)22-29/h11-12,29H,4-10,19H2,1-3H3,(H,20,26)(H,21,28)(H,22,24)/t11-,12-/m0/s1. The van der Waals surface area contributed by atoms with E-state index in [0.717, 1.165) is 0 Å². The lowest BCUT2D eigenvalue weighted by Gasteiger charge is -2.31. The second-order valence-corrected chi connectivity index (χ2v) is 7.94. The molecule has 6 N–H and O–H groups in total. The molecule has 0 aromatic carbocycles. The van der Waals surface area contributed by atoms with E-state index >= 15 is 0 Å². The van der Waals surface area contributed by atoms with Crippen LogP contribution in [0, 0.1) is 0 Å². The van der Waals surface area contributed by atoms with Gasteiger partial charge in [-0.05, 0) is 53.0 Å². The van der Waals surface area contributed by atoms with Gasteiger partial charge in [-0.2, -0.15) is 0 Å². The van der Waals surface area contributed by atoms with E-state index in [1.165, 1.54) is 5.48 Å². The Kier molecular flexibility index (Phi) is 9.66. The molecule has 0 aromatic rings. The van der Waals surface area contributed by atoms with Gasteiger partial charge in [-0.3, -0.25) is 29.3 Å². The Labute approximate surface area is 174 Å². The molecule has 1 aliphatic heterocycles. The first-order valence-electron chi connectivity index (χ1n) is 9.75. The van der Waals surface area contributed by atoms with Crippen molar-refractivity contribution < 1.29 is 33.9 Å². The first-order valence-corrected chi connectivity index (χ1v) is 9.75. The zero-order valence-corrected chi connectivity index (χ0v) is 17.5. The van der Waals surface area contributed by atoms with Gasteiger partial charge in [-0.15, -0.1) is 0 Å². The number of hydrogen-bond acceptors (Lipinski definition) is 8. The van der Waals surface area contributed by atoms with Crippen LogP contribution in [0.1, 0.15) is 52.9 Å². The third-order valence-electron chi connectivity index (χ3n) is 4.21. The lowest BCUT2D eigenvalue weighted by Crippen LogP contribution is -2.59. The van der Waals surface area contributed by atoms with Crippen LogP contribution < -0.4 is 21.8 Å². The van der Waals surface area contributed by atoms with Crippen molar-refractivity contribution >= 4 is 29.7 Å². The van der Waals surface area contributed by atoms with E-state index in [1.807, 2.05) is 0 Å². The summed E-state index contributed by atoms with van der Waals surface area (Å²) < 4.78 is 5.18. The van der Waals surface area contributed by atoms with Crippen LogP contribution in [0.15, 0.2) is 0 Å². The van der Waals surface area contributed by atoms with Crippen molar-refractivity contribution in [3.63, 3.8) is 0 Å². The van der Waals surface area contributed by atoms with Crippen molar-refractivity contribution in [2.75, 3.05) is 13.1 Å². The Morgan fingerprint density at radius 2 is 1.93 bits per heavy atom. The average molecular weight is 429 g/mol. The predicted octanol–water partition coefficient (Wildman–Crippen LogP) is -0.852. The van der Waals surface area contributed by atoms with Crippen molar-refractivity contribution in [1.82, 2.24) is 21.0 Å². The number of carbonyl (C=O) groups excluding carboxylic acids is 5. The van der Waals surface area contributed by atoms with Crippen LogP contribution in [0.3, 0.4) is 0 Å². The van der Waals surface area contributed by atoms with E-state index in [-0.39, 0.29) is 19.3 Å². The predicted molar refractivity (Wildman–Crippen MR) is 104 cm³/mol. The highest BCUT2D eigenvalue weighted by atomic mass is 16.6. The van der Waals surface area contributed by atoms with Crippen molar-refractivity contribution in [2.45, 2.75) is 70.6 Å². The van der Waals surface area contributed by atoms with Crippen LogP contribution in [-0.2, 0) is 23.9 Å². The van der Waals surface area contributed by atoms with Gasteiger partial charge in [-0.1, -0.05) is 0 Å². The minimum atomic E-state index is -1.04. The third-order valence-corrected chi connectivity index (χ3v) is 4.21. The highest BCUT2D eigenvalue weighted by Gasteiger charge is 2.37. The molecular formula is C18H31N5O7. The van der Waals surface area contributed by atoms with E-state index in [4.69, 9.17) is 15.7 Å². The highest BCUT2D eigenvalue weighted by molar-refractivity contribution is 6.04. The van der Waals surface area contributed by atoms with Gasteiger partial charge in [0.05, 0.1) is 0 Å². The first-order chi connectivity index (χ1) is 14.0. The van der Waals surface area contributed by atoms with E-state index in [1.54, 1.807) is 20.8 Å². The summed E-state index contributed by atoms with van der Waals surface area (Å²) in [6.45, 7) is 4.82. The van der Waals surface area contributed by atoms with Crippen molar-refractivity contribution in [3.8, 4) is 0 Å². The number of unbranched alkanes of at least 4 members (excludes halogenated alkanes) is 1. The molecule has 12 nitrogen and oxygen atoms in total. The molecule has 1 saturated heterocycles. The average Bonchev–Trinajstić information content (AvgIpc) is 2.65. The first kappa shape index (κ1) is 25.3. The van der Waals surface area contributed by atoms with Crippen LogP contribution >= 0.6 is 0 Å². The molecule has 0 unspecified atom stereocenters. The molecule has 1 aliphatic rings. The normalized spacial score (nSPS) is 17.9. The minimum Gasteiger partial charge on any atom is -0.444 e. The summed E-state index contributed by atoms with van der Waals surface area (Å²) in [5.74, 6) is -2.89. The maximum atomic E-state index is 12.7. The van der Waals surface area contributed by atoms with Gasteiger partial charge in [0.2, 0.25) is 11.8 Å². The quantitative estimate of drug-likeness (QED) is 0.136. The number of hydrogen-bond donors (Lipinski definition) is 5. The molecule has 0 radical (unpaired) electrons. The largest absolute Gasteiger partial charge is 0.444 e. The van der Waals surface area contributed by atoms with Crippen molar-refractivity contribution in [2.24, 2.45) is 5.73 Å². The van der Waals surface area contributed by atoms with Crippen LogP contribution in [0.4, 0.5) is 4.79 Å². The summed E-state index contributed by atoms with van der Waals surface area (Å²) in [7, 11) is 0. The molecule has 1 heterocycles. The number of alkyl carbamates (subject to hydrolysis) is 1. The summed E-state index contributed by atoms with van der Waals surface area (Å²) in [5.41, 5.74) is 6.08. The SMILES string of the molecule is CC(C)(C)OC(=O)N[C@@H](CCCCN)C(=O)N[C@H]1CCC(=O)N(CC(=O)NO)C1=O. The van der Waals surface area contributed by atoms with Gasteiger partial charge in [0.15, 0.2) is 0 Å². The maximum absolute atomic E-state index is 12.7. The molecule has 1 fully saturated rings. The van der Waals surface area contributed by atoms with Crippen LogP contribution in [0.2, 0.25) is 0 Å². The fourth-order valence-corrected chi connectivity index (χ4v) is 2.80. The van der Waals surface area contributed by atoms with Crippen molar-refractivity contribution in [1.29, 1.82) is 0 Å². The molecule has 0 aromatic heterocycles. The van der Waals surface area contributed by atoms with Crippen LogP contribution in [-0.4, -0.2) is 70.6 Å². The van der Waals surface area contributed by atoms with Gasteiger partial charge in [0.1, 0.15) is 24.2 Å². The number of imide groups is 1. The summed E-state index contributed by atoms with van der Waals surface area (Å²) in [6, 6.07) is -2.01. The van der Waals surface area contributed by atoms with Crippen LogP contribution in [0.5, 0.6) is 0 Å². The summed E-state index contributed by atoms with van der Waals surface area (Å²) in [6.07, 6.45) is 0.695. The second kappa shape index (κ2) is 11.5. The zero-order valence-electron chi connectivity index (χ0n) is 17.5. The number of carbonyl (C=O) groups is 5. The van der Waals surface area contributed by atoms with Crippen molar-refractivity contribution in [3.05, 3.63) is 0 Å². The molecule has 170 valence electrons. The molecule has 5 amide bonds. The monoisotopic (exact) mass is 429 g/mol. The molecule has 30 heavy (non-hydrogen) atoms. The molecule has 0 bridgehead atoms. The number of nitrogens with zero attached hydrogens (tertiary/aromatic N) is 1. The minimum absolute atomic E-state index is 0.0581. The maximum Gasteiger partial charge on any atom is 0.408 e. The third kappa shape index (κ3) is 8.33. The van der Waals surface area contributed by atoms with E-state index in [2.05, 4.69) is 10.6 Å². The zero-order chi connectivity index (χ0) is 22.9. The summed E-state index contributed by atoms with van der Waals surface area (Å²) in [5, 5.41) is 13.6. The Morgan fingerprint density at radius 3 is 2.50 bits per heavy atom. The number of piperidine rings is 1. The molecule has 0 spiro atoms. The molecule has 0 aliphatic carbocycles. The number of ether oxygens (including phenoxy) is 1. The Bertz CT molecular complexity index is 662. The van der Waals surface area contributed by atoms with Crippen LogP contribution in [0.25, 0.3) is 0 Å². The number of nitrogens with one attached hydrogen (secondary N) is 3. The fourth-order valence-electron chi connectivity index (χ4n) is 2.80. The van der Waals surface area contributed by atoms with Gasteiger partial charge in [0.25, 0.3) is 11.8 Å². The lowest BCUT2D eigenvalue weighted by molar-refractivity contribution is -0.154. The van der Waals surface area contributed by atoms with Gasteiger partial charge in [0, 0.05) is 6.42 Å². The second-order valence-electron chi connectivity index (χ2n) is 7.94. The molecular weight excluding hydrogens is 398 g/mol. The lowest BCUT2D eigenvalue weighted by atomic mass is 10.0. The number of hydroxylamine groups is 1. The number of rotatable bonds is 9. The van der Waals surface area contributed by atoms with E-state index in [0.29, 0.717) is 24.3 Å². The number of nitrogens with two attached hydrogens (primary N) is 1. The smallest absolute Gasteiger partial charge is 0.408 e. The molecule has 12 heteroatoms. The Morgan fingerprint density at radius 1 is 1.27 bits per heavy atom. The molecule has 0 saturated carbocycles. The van der Waals surface area contributed by atoms with E-state index < -0.39 is 54.0 Å². The molecule has 2 atom stereocenters. The molecule has 1 rings (SSSR count). The summed E-state index contributed by atoms with van der Waals surface area (Å²) in [4.78, 5) is 61.2. The Hall–Kier alpha value is -2.73. The number of amides is 5. The van der Waals surface area contributed by atoms with Gasteiger partial charge >= 0.3 is 6.09 Å². The fraction of sp³-hybridized carbons (Fsp3) is 0.722.